The molecule has 1 atom stereocenters. The van der Waals surface area contributed by atoms with Gasteiger partial charge in [-0.1, -0.05) is 61.8 Å². The maximum atomic E-state index is 14.3. The van der Waals surface area contributed by atoms with Crippen molar-refractivity contribution in [2.45, 2.75) is 90.3 Å². The van der Waals surface area contributed by atoms with E-state index in [2.05, 4.69) is 12.1 Å². The lowest BCUT2D eigenvalue weighted by Gasteiger charge is -2.25. The van der Waals surface area contributed by atoms with Crippen LogP contribution in [0.4, 0.5) is 10.2 Å². The second kappa shape index (κ2) is 15.3. The molecule has 2 aromatic carbocycles. The van der Waals surface area contributed by atoms with Gasteiger partial charge in [-0.25, -0.2) is 12.7 Å². The second-order valence-electron chi connectivity index (χ2n) is 11.4. The van der Waals surface area contributed by atoms with Crippen molar-refractivity contribution in [1.29, 1.82) is 0 Å². The molecule has 46 heavy (non-hydrogen) atoms. The molecular formula is C34H45FN4O6S. The van der Waals surface area contributed by atoms with Crippen LogP contribution >= 0.6 is 0 Å². The molecule has 0 bridgehead atoms. The number of carbonyl (C=O) groups is 1. The van der Waals surface area contributed by atoms with Crippen LogP contribution in [0.2, 0.25) is 0 Å². The number of aromatic nitrogens is 1. The molecular weight excluding hydrogens is 611 g/mol. The van der Waals surface area contributed by atoms with E-state index in [1.807, 2.05) is 32.0 Å². The highest BCUT2D eigenvalue weighted by Gasteiger charge is 2.46. The zero-order chi connectivity index (χ0) is 33.5. The molecule has 4 rings (SSSR count). The summed E-state index contributed by atoms with van der Waals surface area (Å²) in [6, 6.07) is 12.5. The van der Waals surface area contributed by atoms with E-state index in [9.17, 15) is 17.6 Å². The van der Waals surface area contributed by atoms with Crippen molar-refractivity contribution < 1.29 is 31.6 Å². The Morgan fingerprint density at radius 3 is 2.48 bits per heavy atom. The minimum atomic E-state index is -4.17. The Morgan fingerprint density at radius 1 is 1.09 bits per heavy atom. The summed E-state index contributed by atoms with van der Waals surface area (Å²) in [7, 11) is -2.75. The number of unbranched alkanes of at least 4 members (excludes halogenated alkanes) is 1. The quantitative estimate of drug-likeness (QED) is 0.148. The first-order chi connectivity index (χ1) is 22.1. The number of methoxy groups -OCH3 is 1. The number of amidine groups is 1. The average Bonchev–Trinajstić information content (AvgIpc) is 3.52. The van der Waals surface area contributed by atoms with Crippen molar-refractivity contribution in [3.05, 3.63) is 64.9 Å². The van der Waals surface area contributed by atoms with Crippen LogP contribution in [0.3, 0.4) is 0 Å². The monoisotopic (exact) mass is 656 g/mol. The highest BCUT2D eigenvalue weighted by atomic mass is 32.2. The molecule has 0 fully saturated rings. The summed E-state index contributed by atoms with van der Waals surface area (Å²) in [6.45, 7) is 9.37. The topological polar surface area (TPSA) is 115 Å². The number of hydrogen-bond acceptors (Lipinski definition) is 8. The molecule has 1 aliphatic rings. The van der Waals surface area contributed by atoms with Crippen molar-refractivity contribution in [3.8, 4) is 11.1 Å². The van der Waals surface area contributed by atoms with E-state index in [0.29, 0.717) is 47.7 Å². The van der Waals surface area contributed by atoms with Crippen molar-refractivity contribution in [2.75, 3.05) is 31.4 Å². The molecule has 0 saturated heterocycles. The van der Waals surface area contributed by atoms with Gasteiger partial charge < -0.3 is 14.0 Å². The Kier molecular flexibility index (Phi) is 11.7. The predicted molar refractivity (Wildman–Crippen MR) is 176 cm³/mol. The summed E-state index contributed by atoms with van der Waals surface area (Å²) in [5, 5.41) is 4.01. The molecule has 0 radical (unpaired) electrons. The fourth-order valence-corrected chi connectivity index (χ4v) is 7.28. The summed E-state index contributed by atoms with van der Waals surface area (Å²) >= 11 is 0. The first kappa shape index (κ1) is 35.2. The van der Waals surface area contributed by atoms with Crippen molar-refractivity contribution in [1.82, 2.24) is 10.1 Å². The Balaban J connectivity index is 1.77. The molecule has 250 valence electrons. The summed E-state index contributed by atoms with van der Waals surface area (Å²) in [6.07, 6.45) is 2.92. The highest BCUT2D eigenvalue weighted by Crippen LogP contribution is 2.37. The van der Waals surface area contributed by atoms with Gasteiger partial charge in [0.25, 0.3) is 15.9 Å². The number of hydrogen-bond donors (Lipinski definition) is 0. The number of carbonyl (C=O) groups excluding carboxylic acids is 1. The van der Waals surface area contributed by atoms with E-state index in [1.165, 1.54) is 7.11 Å². The van der Waals surface area contributed by atoms with Crippen LogP contribution in [0.1, 0.15) is 75.3 Å². The van der Waals surface area contributed by atoms with Gasteiger partial charge in [0.1, 0.15) is 23.9 Å². The molecule has 1 unspecified atom stereocenters. The third-order valence-corrected chi connectivity index (χ3v) is 10.2. The number of nitrogens with zero attached hydrogens (tertiary/aromatic N) is 4. The van der Waals surface area contributed by atoms with E-state index in [0.717, 1.165) is 28.3 Å². The zero-order valence-corrected chi connectivity index (χ0v) is 28.5. The summed E-state index contributed by atoms with van der Waals surface area (Å²) < 4.78 is 59.6. The molecule has 10 nitrogen and oxygen atoms in total. The zero-order valence-electron chi connectivity index (χ0n) is 27.6. The van der Waals surface area contributed by atoms with Gasteiger partial charge in [0, 0.05) is 37.7 Å². The standard InChI is InChI=1S/C34H45FN4O6S/c1-7-10-15-31-36-34(8-2,18-19-35)33(40)38(31)21-26-16-17-28(27(20-26)22-44-9-3)29-13-11-12-14-30(29)46(41,42)39(23-43-6)32-24(4)25(5)45-37-32/h11-14,16-17,20H,7-10,15,18-19,21-23H2,1-6H3. The minimum Gasteiger partial charge on any atom is -0.377 e. The molecule has 1 aliphatic heterocycles. The van der Waals surface area contributed by atoms with Crippen LogP contribution in [0, 0.1) is 13.8 Å². The lowest BCUT2D eigenvalue weighted by Crippen LogP contribution is -2.42. The molecule has 3 aromatic rings. The Labute approximate surface area is 271 Å². The average molecular weight is 657 g/mol. The molecule has 0 N–H and O–H groups in total. The van der Waals surface area contributed by atoms with Crippen LogP contribution in [0.15, 0.2) is 56.9 Å². The number of anilines is 1. The molecule has 0 spiro atoms. The third kappa shape index (κ3) is 7.03. The second-order valence-corrected chi connectivity index (χ2v) is 13.3. The lowest BCUT2D eigenvalue weighted by atomic mass is 9.92. The number of halogens is 1. The van der Waals surface area contributed by atoms with Crippen LogP contribution in [-0.4, -0.2) is 62.9 Å². The van der Waals surface area contributed by atoms with E-state index in [4.69, 9.17) is 19.0 Å². The van der Waals surface area contributed by atoms with Gasteiger partial charge in [-0.2, -0.15) is 0 Å². The number of ether oxygens (including phenoxy) is 2. The van der Waals surface area contributed by atoms with Gasteiger partial charge >= 0.3 is 0 Å². The third-order valence-electron chi connectivity index (χ3n) is 8.48. The van der Waals surface area contributed by atoms with Gasteiger partial charge in [-0.3, -0.25) is 19.1 Å². The Morgan fingerprint density at radius 2 is 1.85 bits per heavy atom. The van der Waals surface area contributed by atoms with Crippen LogP contribution in [0.5, 0.6) is 0 Å². The summed E-state index contributed by atoms with van der Waals surface area (Å²) in [5.74, 6) is 1.17. The van der Waals surface area contributed by atoms with Gasteiger partial charge in [0.2, 0.25) is 0 Å². The molecule has 12 heteroatoms. The van der Waals surface area contributed by atoms with Crippen LogP contribution in [0.25, 0.3) is 11.1 Å². The fourth-order valence-electron chi connectivity index (χ4n) is 5.69. The number of rotatable bonds is 17. The number of benzene rings is 2. The molecule has 0 saturated carbocycles. The predicted octanol–water partition coefficient (Wildman–Crippen LogP) is 6.73. The molecule has 2 heterocycles. The Hall–Kier alpha value is -3.61. The lowest BCUT2D eigenvalue weighted by molar-refractivity contribution is -0.132. The fraction of sp³-hybridized carbons (Fsp3) is 0.500. The maximum absolute atomic E-state index is 14.3. The van der Waals surface area contributed by atoms with Crippen molar-refractivity contribution in [3.63, 3.8) is 0 Å². The number of aliphatic imine (C=N–C) groups is 1. The number of amides is 1. The highest BCUT2D eigenvalue weighted by molar-refractivity contribution is 7.93. The van der Waals surface area contributed by atoms with Crippen molar-refractivity contribution >= 4 is 27.6 Å². The SMILES string of the molecule is CCCCC1=NC(CC)(CCF)C(=O)N1Cc1ccc(-c2ccccc2S(=O)(=O)N(COC)c2noc(C)c2C)c(COCC)c1. The largest absolute Gasteiger partial charge is 0.377 e. The van der Waals surface area contributed by atoms with Crippen LogP contribution < -0.4 is 4.31 Å². The molecule has 0 aliphatic carbocycles. The first-order valence-electron chi connectivity index (χ1n) is 15.8. The minimum absolute atomic E-state index is 0.0573. The molecule has 1 aromatic heterocycles. The summed E-state index contributed by atoms with van der Waals surface area (Å²) in [5.41, 5.74) is 2.27. The number of sulfonamides is 1. The first-order valence-corrected chi connectivity index (χ1v) is 17.2. The number of aryl methyl sites for hydroxylation is 1. The smallest absolute Gasteiger partial charge is 0.268 e. The van der Waals surface area contributed by atoms with Gasteiger partial charge in [-0.15, -0.1) is 0 Å². The van der Waals surface area contributed by atoms with Gasteiger partial charge in [0.05, 0.1) is 24.7 Å². The normalized spacial score (nSPS) is 16.7. The van der Waals surface area contributed by atoms with E-state index in [-0.39, 0.29) is 42.9 Å². The van der Waals surface area contributed by atoms with Crippen molar-refractivity contribution in [2.24, 2.45) is 4.99 Å². The maximum Gasteiger partial charge on any atom is 0.268 e. The van der Waals surface area contributed by atoms with Crippen LogP contribution in [-0.2, 0) is 37.4 Å². The van der Waals surface area contributed by atoms with E-state index in [1.54, 1.807) is 43.0 Å². The summed E-state index contributed by atoms with van der Waals surface area (Å²) in [4.78, 5) is 20.3. The van der Waals surface area contributed by atoms with Gasteiger partial charge in [-0.05, 0) is 56.4 Å². The van der Waals surface area contributed by atoms with Gasteiger partial charge in [0.15, 0.2) is 5.82 Å². The Bertz CT molecular complexity index is 1660. The van der Waals surface area contributed by atoms with E-state index < -0.39 is 22.2 Å². The number of alkyl halides is 1. The molecule has 1 amide bonds. The van der Waals surface area contributed by atoms with E-state index >= 15 is 0 Å².